The third-order valence-electron chi connectivity index (χ3n) is 4.20. The van der Waals surface area contributed by atoms with Crippen LogP contribution in [0.2, 0.25) is 0 Å². The Morgan fingerprint density at radius 1 is 1.14 bits per heavy atom. The lowest BCUT2D eigenvalue weighted by molar-refractivity contribution is -0.124. The summed E-state index contributed by atoms with van der Waals surface area (Å²) in [5.41, 5.74) is 2.70. The molecule has 1 heterocycles. The highest BCUT2D eigenvalue weighted by atomic mass is 16.5. The highest BCUT2D eigenvalue weighted by molar-refractivity contribution is 5.92. The number of nitrogens with zero attached hydrogens (tertiary/aromatic N) is 2. The van der Waals surface area contributed by atoms with Crippen molar-refractivity contribution < 1.29 is 14.3 Å². The van der Waals surface area contributed by atoms with E-state index >= 15 is 0 Å². The molecule has 0 aliphatic heterocycles. The third kappa shape index (κ3) is 6.20. The van der Waals surface area contributed by atoms with Crippen molar-refractivity contribution in [3.05, 3.63) is 41.6 Å². The summed E-state index contributed by atoms with van der Waals surface area (Å²) in [6, 6.07) is 9.82. The van der Waals surface area contributed by atoms with E-state index in [1.165, 1.54) is 0 Å². The molecule has 0 aliphatic carbocycles. The second-order valence-corrected chi connectivity index (χ2v) is 7.81. The molecule has 0 atom stereocenters. The summed E-state index contributed by atoms with van der Waals surface area (Å²) in [5.74, 6) is 0.200. The predicted molar refractivity (Wildman–Crippen MR) is 110 cm³/mol. The molecule has 0 bridgehead atoms. The molecular formula is C21H30N4O3. The first-order valence-electron chi connectivity index (χ1n) is 9.44. The number of carbonyl (C=O) groups excluding carboxylic acids is 2. The van der Waals surface area contributed by atoms with E-state index in [2.05, 4.69) is 31.4 Å². The van der Waals surface area contributed by atoms with E-state index in [9.17, 15) is 9.59 Å². The predicted octanol–water partition coefficient (Wildman–Crippen LogP) is 2.96. The Hall–Kier alpha value is -2.67. The van der Waals surface area contributed by atoms with Gasteiger partial charge in [-0.3, -0.25) is 9.59 Å². The van der Waals surface area contributed by atoms with Crippen molar-refractivity contribution in [1.29, 1.82) is 0 Å². The zero-order valence-corrected chi connectivity index (χ0v) is 17.3. The molecule has 0 radical (unpaired) electrons. The van der Waals surface area contributed by atoms with E-state index < -0.39 is 0 Å². The van der Waals surface area contributed by atoms with Crippen molar-refractivity contribution in [3.63, 3.8) is 0 Å². The maximum absolute atomic E-state index is 12.4. The molecule has 7 nitrogen and oxygen atoms in total. The molecular weight excluding hydrogens is 356 g/mol. The van der Waals surface area contributed by atoms with E-state index in [1.807, 2.05) is 37.3 Å². The minimum absolute atomic E-state index is 0.0999. The van der Waals surface area contributed by atoms with Crippen molar-refractivity contribution in [1.82, 2.24) is 15.1 Å². The fourth-order valence-electron chi connectivity index (χ4n) is 2.61. The monoisotopic (exact) mass is 386 g/mol. The van der Waals surface area contributed by atoms with Gasteiger partial charge in [-0.1, -0.05) is 32.9 Å². The Kier molecular flexibility index (Phi) is 7.34. The quantitative estimate of drug-likeness (QED) is 0.683. The summed E-state index contributed by atoms with van der Waals surface area (Å²) in [6.07, 6.45) is 0.225. The molecule has 28 heavy (non-hydrogen) atoms. The van der Waals surface area contributed by atoms with Crippen LogP contribution in [0.3, 0.4) is 0 Å². The average molecular weight is 386 g/mol. The zero-order valence-electron chi connectivity index (χ0n) is 17.3. The molecule has 1 aromatic carbocycles. The Morgan fingerprint density at radius 3 is 2.50 bits per heavy atom. The summed E-state index contributed by atoms with van der Waals surface area (Å²) >= 11 is 0. The lowest BCUT2D eigenvalue weighted by atomic mass is 9.92. The normalized spacial score (nSPS) is 11.3. The summed E-state index contributed by atoms with van der Waals surface area (Å²) in [6.45, 7) is 9.12. The Balaban J connectivity index is 2.12. The van der Waals surface area contributed by atoms with Crippen LogP contribution in [0.25, 0.3) is 5.69 Å². The molecule has 2 aromatic rings. The standard InChI is InChI=1S/C21H30N4O3/c1-15-7-6-8-16(13-15)25-18(14-17(24-25)21(2,3)4)23-20(27)10-9-19(26)22-11-12-28-5/h6-8,13-14H,9-12H2,1-5H3,(H,22,26)(H,23,27). The van der Waals surface area contributed by atoms with Crippen LogP contribution in [0.4, 0.5) is 5.82 Å². The van der Waals surface area contributed by atoms with Gasteiger partial charge in [0.25, 0.3) is 0 Å². The molecule has 7 heteroatoms. The molecule has 2 amide bonds. The van der Waals surface area contributed by atoms with Crippen molar-refractivity contribution in [2.45, 2.75) is 46.0 Å². The van der Waals surface area contributed by atoms with Crippen LogP contribution in [-0.2, 0) is 19.7 Å². The summed E-state index contributed by atoms with van der Waals surface area (Å²) < 4.78 is 6.63. The van der Waals surface area contributed by atoms with Gasteiger partial charge < -0.3 is 15.4 Å². The number of ether oxygens (including phenoxy) is 1. The molecule has 2 N–H and O–H groups in total. The van der Waals surface area contributed by atoms with Crippen molar-refractivity contribution >= 4 is 17.6 Å². The Morgan fingerprint density at radius 2 is 1.86 bits per heavy atom. The number of rotatable bonds is 8. The van der Waals surface area contributed by atoms with Crippen molar-refractivity contribution in [3.8, 4) is 5.69 Å². The molecule has 2 rings (SSSR count). The maximum atomic E-state index is 12.4. The molecule has 0 saturated heterocycles. The number of methoxy groups -OCH3 is 1. The number of nitrogens with one attached hydrogen (secondary N) is 2. The van der Waals surface area contributed by atoms with Gasteiger partial charge in [-0.05, 0) is 24.6 Å². The number of anilines is 1. The Bertz CT molecular complexity index is 821. The second-order valence-electron chi connectivity index (χ2n) is 7.81. The molecule has 0 spiro atoms. The van der Waals surface area contributed by atoms with E-state index in [4.69, 9.17) is 9.84 Å². The average Bonchev–Trinajstić information content (AvgIpc) is 3.04. The van der Waals surface area contributed by atoms with Crippen molar-refractivity contribution in [2.75, 3.05) is 25.6 Å². The van der Waals surface area contributed by atoms with Crippen molar-refractivity contribution in [2.24, 2.45) is 0 Å². The number of benzene rings is 1. The van der Waals surface area contributed by atoms with Crippen LogP contribution < -0.4 is 10.6 Å². The molecule has 0 saturated carbocycles. The van der Waals surface area contributed by atoms with E-state index in [0.717, 1.165) is 16.9 Å². The van der Waals surface area contributed by atoms with E-state index in [1.54, 1.807) is 11.8 Å². The number of aryl methyl sites for hydroxylation is 1. The van der Waals surface area contributed by atoms with Crippen LogP contribution in [-0.4, -0.2) is 41.9 Å². The fraction of sp³-hybridized carbons (Fsp3) is 0.476. The van der Waals surface area contributed by atoms with Crippen LogP contribution in [0.1, 0.15) is 44.9 Å². The largest absolute Gasteiger partial charge is 0.383 e. The number of hydrogen-bond acceptors (Lipinski definition) is 4. The lowest BCUT2D eigenvalue weighted by Crippen LogP contribution is -2.28. The fourth-order valence-corrected chi connectivity index (χ4v) is 2.61. The molecule has 1 aromatic heterocycles. The topological polar surface area (TPSA) is 85.2 Å². The maximum Gasteiger partial charge on any atom is 0.226 e. The zero-order chi connectivity index (χ0) is 20.7. The third-order valence-corrected chi connectivity index (χ3v) is 4.20. The highest BCUT2D eigenvalue weighted by Gasteiger charge is 2.21. The smallest absolute Gasteiger partial charge is 0.226 e. The lowest BCUT2D eigenvalue weighted by Gasteiger charge is -2.14. The van der Waals surface area contributed by atoms with Crippen LogP contribution in [0, 0.1) is 6.92 Å². The first kappa shape index (κ1) is 21.6. The van der Waals surface area contributed by atoms with Gasteiger partial charge in [0.15, 0.2) is 0 Å². The molecule has 152 valence electrons. The Labute approximate surface area is 166 Å². The van der Waals surface area contributed by atoms with E-state index in [0.29, 0.717) is 19.0 Å². The van der Waals surface area contributed by atoms with Crippen LogP contribution in [0.15, 0.2) is 30.3 Å². The summed E-state index contributed by atoms with van der Waals surface area (Å²) in [5, 5.41) is 10.3. The first-order valence-corrected chi connectivity index (χ1v) is 9.44. The van der Waals surface area contributed by atoms with Gasteiger partial charge in [-0.25, -0.2) is 4.68 Å². The summed E-state index contributed by atoms with van der Waals surface area (Å²) in [4.78, 5) is 24.2. The van der Waals surface area contributed by atoms with Gasteiger partial charge in [0, 0.05) is 38.0 Å². The molecule has 0 aliphatic rings. The van der Waals surface area contributed by atoms with Gasteiger partial charge in [0.05, 0.1) is 18.0 Å². The number of hydrogen-bond donors (Lipinski definition) is 2. The van der Waals surface area contributed by atoms with Crippen LogP contribution >= 0.6 is 0 Å². The minimum atomic E-state index is -0.226. The summed E-state index contributed by atoms with van der Waals surface area (Å²) in [7, 11) is 1.57. The van der Waals surface area contributed by atoms with Gasteiger partial charge in [0.1, 0.15) is 5.82 Å². The SMILES string of the molecule is COCCNC(=O)CCC(=O)Nc1cc(C(C)(C)C)nn1-c1cccc(C)c1. The highest BCUT2D eigenvalue weighted by Crippen LogP contribution is 2.26. The molecule has 0 unspecified atom stereocenters. The number of carbonyl (C=O) groups is 2. The second kappa shape index (κ2) is 9.50. The van der Waals surface area contributed by atoms with Gasteiger partial charge in [0.2, 0.25) is 11.8 Å². The van der Waals surface area contributed by atoms with Crippen LogP contribution in [0.5, 0.6) is 0 Å². The first-order chi connectivity index (χ1) is 13.2. The number of aromatic nitrogens is 2. The van der Waals surface area contributed by atoms with Gasteiger partial charge >= 0.3 is 0 Å². The number of amides is 2. The van der Waals surface area contributed by atoms with E-state index in [-0.39, 0.29) is 30.1 Å². The molecule has 0 fully saturated rings. The van der Waals surface area contributed by atoms with Gasteiger partial charge in [-0.2, -0.15) is 5.10 Å². The minimum Gasteiger partial charge on any atom is -0.383 e. The van der Waals surface area contributed by atoms with Gasteiger partial charge in [-0.15, -0.1) is 0 Å².